The predicted molar refractivity (Wildman–Crippen MR) is 112 cm³/mol. The zero-order valence-corrected chi connectivity index (χ0v) is 17.2. The number of methoxy groups -OCH3 is 1. The molecule has 150 valence electrons. The highest BCUT2D eigenvalue weighted by Gasteiger charge is 2.22. The van der Waals surface area contributed by atoms with Gasteiger partial charge in [0.25, 0.3) is 5.91 Å². The Kier molecular flexibility index (Phi) is 7.13. The number of halogens is 1. The molecule has 0 aliphatic carbocycles. The third-order valence-electron chi connectivity index (χ3n) is 4.55. The number of carbonyl (C=O) groups excluding carboxylic acids is 2. The number of carbonyl (C=O) groups is 2. The van der Waals surface area contributed by atoms with Gasteiger partial charge in [-0.3, -0.25) is 9.69 Å². The Morgan fingerprint density at radius 3 is 2.68 bits per heavy atom. The van der Waals surface area contributed by atoms with E-state index in [1.807, 2.05) is 21.7 Å². The number of nitrogens with one attached hydrogen (secondary N) is 2. The summed E-state index contributed by atoms with van der Waals surface area (Å²) in [6.07, 6.45) is 0. The molecule has 7 nitrogen and oxygen atoms in total. The van der Waals surface area contributed by atoms with E-state index in [1.54, 1.807) is 18.2 Å². The molecule has 3 rings (SSSR count). The van der Waals surface area contributed by atoms with Gasteiger partial charge in [-0.25, -0.2) is 4.79 Å². The minimum atomic E-state index is -0.313. The number of hydrogen-bond acceptors (Lipinski definition) is 5. The van der Waals surface area contributed by atoms with E-state index in [2.05, 4.69) is 15.5 Å². The number of piperazine rings is 1. The van der Waals surface area contributed by atoms with Crippen LogP contribution in [0.5, 0.6) is 5.75 Å². The van der Waals surface area contributed by atoms with Crippen LogP contribution in [0.1, 0.15) is 10.4 Å². The van der Waals surface area contributed by atoms with Crippen LogP contribution in [0.2, 0.25) is 5.02 Å². The minimum Gasteiger partial charge on any atom is -0.495 e. The molecular weight excluding hydrogens is 400 g/mol. The number of nitrogens with zero attached hydrogens (tertiary/aromatic N) is 2. The lowest BCUT2D eigenvalue weighted by Gasteiger charge is -2.34. The van der Waals surface area contributed by atoms with Crippen LogP contribution in [-0.4, -0.2) is 68.1 Å². The van der Waals surface area contributed by atoms with E-state index in [4.69, 9.17) is 16.3 Å². The molecule has 9 heteroatoms. The average Bonchev–Trinajstić information content (AvgIpc) is 3.23. The van der Waals surface area contributed by atoms with Gasteiger partial charge >= 0.3 is 6.03 Å². The van der Waals surface area contributed by atoms with Crippen LogP contribution in [0.15, 0.2) is 35.0 Å². The number of amides is 3. The fraction of sp³-hybridized carbons (Fsp3) is 0.368. The smallest absolute Gasteiger partial charge is 0.319 e. The van der Waals surface area contributed by atoms with Gasteiger partial charge in [0.05, 0.1) is 18.4 Å². The Balaban J connectivity index is 1.38. The van der Waals surface area contributed by atoms with Crippen molar-refractivity contribution in [2.45, 2.75) is 0 Å². The number of urea groups is 1. The van der Waals surface area contributed by atoms with E-state index in [9.17, 15) is 9.59 Å². The van der Waals surface area contributed by atoms with Gasteiger partial charge in [-0.05, 0) is 29.6 Å². The lowest BCUT2D eigenvalue weighted by molar-refractivity contribution is 0.0640. The molecule has 1 aromatic heterocycles. The molecule has 0 bridgehead atoms. The number of hydrogen-bond donors (Lipinski definition) is 2. The number of thiophene rings is 1. The van der Waals surface area contributed by atoms with Gasteiger partial charge in [-0.2, -0.15) is 11.3 Å². The summed E-state index contributed by atoms with van der Waals surface area (Å²) in [7, 11) is 1.54. The Morgan fingerprint density at radius 1 is 1.21 bits per heavy atom. The van der Waals surface area contributed by atoms with Crippen LogP contribution < -0.4 is 15.4 Å². The molecule has 2 heterocycles. The second-order valence-corrected chi connectivity index (χ2v) is 7.59. The molecule has 0 atom stereocenters. The van der Waals surface area contributed by atoms with Crippen LogP contribution in [0.3, 0.4) is 0 Å². The summed E-state index contributed by atoms with van der Waals surface area (Å²) in [6.45, 7) is 4.21. The Bertz CT molecular complexity index is 808. The van der Waals surface area contributed by atoms with Crippen molar-refractivity contribution in [1.29, 1.82) is 0 Å². The summed E-state index contributed by atoms with van der Waals surface area (Å²) in [5, 5.41) is 9.90. The Morgan fingerprint density at radius 2 is 2.00 bits per heavy atom. The standard InChI is InChI=1S/C19H23ClN4O3S/c1-27-17-3-2-15(20)12-16(17)22-19(26)21-5-6-23-7-9-24(10-8-23)18(25)14-4-11-28-13-14/h2-4,11-13H,5-10H2,1H3,(H2,21,22,26). The lowest BCUT2D eigenvalue weighted by atomic mass is 10.2. The first-order valence-corrected chi connectivity index (χ1v) is 10.3. The van der Waals surface area contributed by atoms with Crippen molar-refractivity contribution in [3.8, 4) is 5.75 Å². The zero-order chi connectivity index (χ0) is 19.9. The second kappa shape index (κ2) is 9.77. The zero-order valence-electron chi connectivity index (χ0n) is 15.6. The predicted octanol–water partition coefficient (Wildman–Crippen LogP) is 2.99. The van der Waals surface area contributed by atoms with Crippen molar-refractivity contribution in [2.75, 3.05) is 51.7 Å². The first-order chi connectivity index (χ1) is 13.6. The summed E-state index contributed by atoms with van der Waals surface area (Å²) in [4.78, 5) is 28.6. The first-order valence-electron chi connectivity index (χ1n) is 8.99. The number of anilines is 1. The van der Waals surface area contributed by atoms with Gasteiger partial charge in [0.1, 0.15) is 5.75 Å². The van der Waals surface area contributed by atoms with Crippen LogP contribution in [-0.2, 0) is 0 Å². The quantitative estimate of drug-likeness (QED) is 0.750. The van der Waals surface area contributed by atoms with Crippen LogP contribution in [0, 0.1) is 0 Å². The van der Waals surface area contributed by atoms with Crippen LogP contribution >= 0.6 is 22.9 Å². The third-order valence-corrected chi connectivity index (χ3v) is 5.47. The third kappa shape index (κ3) is 5.37. The topological polar surface area (TPSA) is 73.9 Å². The monoisotopic (exact) mass is 422 g/mol. The highest BCUT2D eigenvalue weighted by molar-refractivity contribution is 7.08. The summed E-state index contributed by atoms with van der Waals surface area (Å²) >= 11 is 7.50. The number of rotatable bonds is 6. The SMILES string of the molecule is COc1ccc(Cl)cc1NC(=O)NCCN1CCN(C(=O)c2ccsc2)CC1. The van der Waals surface area contributed by atoms with Crippen LogP contribution in [0.4, 0.5) is 10.5 Å². The molecule has 1 fully saturated rings. The summed E-state index contributed by atoms with van der Waals surface area (Å²) in [5.41, 5.74) is 1.28. The van der Waals surface area contributed by atoms with Gasteiger partial charge in [0.15, 0.2) is 0 Å². The maximum absolute atomic E-state index is 12.3. The van der Waals surface area contributed by atoms with Crippen molar-refractivity contribution in [1.82, 2.24) is 15.1 Å². The average molecular weight is 423 g/mol. The second-order valence-electron chi connectivity index (χ2n) is 6.37. The van der Waals surface area contributed by atoms with Crippen molar-refractivity contribution in [3.63, 3.8) is 0 Å². The summed E-state index contributed by atoms with van der Waals surface area (Å²) in [5.74, 6) is 0.639. The van der Waals surface area contributed by atoms with Gasteiger partial charge in [-0.1, -0.05) is 11.6 Å². The van der Waals surface area contributed by atoms with Crippen molar-refractivity contribution in [2.24, 2.45) is 0 Å². The van der Waals surface area contributed by atoms with E-state index >= 15 is 0 Å². The van der Waals surface area contributed by atoms with E-state index in [0.29, 0.717) is 36.1 Å². The Labute approximate surface area is 173 Å². The van der Waals surface area contributed by atoms with E-state index in [-0.39, 0.29) is 11.9 Å². The Hall–Kier alpha value is -2.29. The van der Waals surface area contributed by atoms with Gasteiger partial charge < -0.3 is 20.3 Å². The number of ether oxygens (including phenoxy) is 1. The minimum absolute atomic E-state index is 0.0915. The maximum atomic E-state index is 12.3. The van der Waals surface area contributed by atoms with Gasteiger partial charge in [-0.15, -0.1) is 0 Å². The van der Waals surface area contributed by atoms with E-state index in [1.165, 1.54) is 18.4 Å². The van der Waals surface area contributed by atoms with Gasteiger partial charge in [0, 0.05) is 49.7 Å². The molecular formula is C19H23ClN4O3S. The largest absolute Gasteiger partial charge is 0.495 e. The molecule has 3 amide bonds. The molecule has 0 saturated carbocycles. The van der Waals surface area contributed by atoms with Crippen molar-refractivity contribution < 1.29 is 14.3 Å². The molecule has 28 heavy (non-hydrogen) atoms. The molecule has 0 radical (unpaired) electrons. The first kappa shape index (κ1) is 20.4. The summed E-state index contributed by atoms with van der Waals surface area (Å²) < 4.78 is 5.22. The molecule has 2 aromatic rings. The highest BCUT2D eigenvalue weighted by Crippen LogP contribution is 2.27. The van der Waals surface area contributed by atoms with Crippen LogP contribution in [0.25, 0.3) is 0 Å². The fourth-order valence-corrected chi connectivity index (χ4v) is 3.82. The lowest BCUT2D eigenvalue weighted by Crippen LogP contribution is -2.50. The fourth-order valence-electron chi connectivity index (χ4n) is 3.02. The van der Waals surface area contributed by atoms with Gasteiger partial charge in [0.2, 0.25) is 0 Å². The molecule has 1 aliphatic heterocycles. The molecule has 0 unspecified atom stereocenters. The molecule has 1 aliphatic rings. The molecule has 1 saturated heterocycles. The van der Waals surface area contributed by atoms with E-state index in [0.717, 1.165) is 25.2 Å². The molecule has 0 spiro atoms. The van der Waals surface area contributed by atoms with Crippen molar-refractivity contribution in [3.05, 3.63) is 45.6 Å². The van der Waals surface area contributed by atoms with E-state index < -0.39 is 0 Å². The number of benzene rings is 1. The molecule has 2 N–H and O–H groups in total. The molecule has 1 aromatic carbocycles. The summed E-state index contributed by atoms with van der Waals surface area (Å²) in [6, 6.07) is 6.59. The highest BCUT2D eigenvalue weighted by atomic mass is 35.5. The normalized spacial score (nSPS) is 14.6. The maximum Gasteiger partial charge on any atom is 0.319 e. The van der Waals surface area contributed by atoms with Crippen molar-refractivity contribution >= 4 is 40.6 Å².